The minimum absolute atomic E-state index is 0.156. The predicted molar refractivity (Wildman–Crippen MR) is 124 cm³/mol. The van der Waals surface area contributed by atoms with E-state index in [4.69, 9.17) is 32.1 Å². The number of benzene rings is 3. The molecule has 3 aromatic carbocycles. The van der Waals surface area contributed by atoms with E-state index in [1.165, 1.54) is 36.4 Å². The molecule has 0 aliphatic rings. The molecule has 0 fully saturated rings. The lowest BCUT2D eigenvalue weighted by atomic mass is 10.1. The third-order valence-electron chi connectivity index (χ3n) is 4.38. The van der Waals surface area contributed by atoms with Crippen molar-refractivity contribution in [2.24, 2.45) is 5.73 Å². The molecule has 0 unspecified atom stereocenters. The van der Waals surface area contributed by atoms with Gasteiger partial charge in [-0.3, -0.25) is 9.59 Å². The van der Waals surface area contributed by atoms with Crippen molar-refractivity contribution in [3.63, 3.8) is 0 Å². The monoisotopic (exact) mass is 531 g/mol. The number of carbonyl (C=O) groups is 2. The highest BCUT2D eigenvalue weighted by Gasteiger charge is 2.18. The molecule has 0 aromatic heterocycles. The van der Waals surface area contributed by atoms with Gasteiger partial charge < -0.3 is 20.5 Å². The first kappa shape index (κ1) is 24.0. The molecule has 0 spiro atoms. The molecule has 7 nitrogen and oxygen atoms in total. The number of nitrogens with one attached hydrogen (secondary N) is 1. The molecule has 3 aromatic rings. The minimum Gasteiger partial charge on any atom is -0.481 e. The number of rotatable bonds is 7. The number of hydrogen-bond donors (Lipinski definition) is 2. The Morgan fingerprint density at radius 3 is 2.64 bits per heavy atom. The zero-order chi connectivity index (χ0) is 24.1. The van der Waals surface area contributed by atoms with E-state index in [-0.39, 0.29) is 27.8 Å². The van der Waals surface area contributed by atoms with Crippen LogP contribution in [0.15, 0.2) is 53.0 Å². The van der Waals surface area contributed by atoms with Gasteiger partial charge in [0.1, 0.15) is 5.75 Å². The molecular weight excluding hydrogens is 517 g/mol. The number of halogens is 3. The lowest BCUT2D eigenvalue weighted by Crippen LogP contribution is -2.21. The molecule has 10 heteroatoms. The third-order valence-corrected chi connectivity index (χ3v) is 5.22. The van der Waals surface area contributed by atoms with Crippen LogP contribution in [0.5, 0.6) is 17.2 Å². The minimum atomic E-state index is -0.849. The second-order valence-electron chi connectivity index (χ2n) is 6.81. The van der Waals surface area contributed by atoms with Gasteiger partial charge in [0.2, 0.25) is 11.7 Å². The zero-order valence-electron chi connectivity index (χ0n) is 17.1. The molecule has 3 rings (SSSR count). The molecule has 0 atom stereocenters. The van der Waals surface area contributed by atoms with E-state index in [1.54, 1.807) is 19.1 Å². The number of anilines is 1. The van der Waals surface area contributed by atoms with Crippen LogP contribution in [0.3, 0.4) is 0 Å². The lowest BCUT2D eigenvalue weighted by Gasteiger charge is -2.14. The van der Waals surface area contributed by atoms with Crippen LogP contribution in [-0.2, 0) is 4.79 Å². The van der Waals surface area contributed by atoms with Crippen LogP contribution in [0, 0.1) is 24.1 Å². The first-order chi connectivity index (χ1) is 15.7. The predicted octanol–water partition coefficient (Wildman–Crippen LogP) is 5.33. The first-order valence-corrected chi connectivity index (χ1v) is 10.5. The van der Waals surface area contributed by atoms with E-state index in [0.29, 0.717) is 21.3 Å². The second kappa shape index (κ2) is 10.3. The number of ether oxygens (including phenoxy) is 2. The molecule has 0 saturated heterocycles. The average molecular weight is 533 g/mol. The number of aryl methyl sites for hydroxylation is 1. The highest BCUT2D eigenvalue weighted by Crippen LogP contribution is 2.38. The smallest absolute Gasteiger partial charge is 0.262 e. The summed E-state index contributed by atoms with van der Waals surface area (Å²) in [6.45, 7) is 1.22. The fourth-order valence-corrected chi connectivity index (χ4v) is 3.42. The summed E-state index contributed by atoms with van der Waals surface area (Å²) >= 11 is 9.17. The summed E-state index contributed by atoms with van der Waals surface area (Å²) in [4.78, 5) is 23.5. The Morgan fingerprint density at radius 1 is 1.21 bits per heavy atom. The maximum absolute atomic E-state index is 15.0. The van der Waals surface area contributed by atoms with Crippen LogP contribution in [0.4, 0.5) is 10.1 Å². The summed E-state index contributed by atoms with van der Waals surface area (Å²) in [5, 5.41) is 11.9. The maximum atomic E-state index is 15.0. The zero-order valence-corrected chi connectivity index (χ0v) is 19.5. The van der Waals surface area contributed by atoms with E-state index in [9.17, 15) is 9.59 Å². The molecule has 0 heterocycles. The van der Waals surface area contributed by atoms with E-state index in [0.717, 1.165) is 0 Å². The standard InChI is InChI=1S/C23H16BrClFN3O4/c1-12-6-14(23(28)31)2-4-18(12)29-20(30)11-32-19-5-3-17(24)22(21(19)26)33-16-8-13(10-27)7-15(25)9-16/h2-9H,11H2,1H3,(H2,28,31)(H,29,30). The molecule has 33 heavy (non-hydrogen) atoms. The van der Waals surface area contributed by atoms with E-state index in [1.807, 2.05) is 6.07 Å². The van der Waals surface area contributed by atoms with Crippen LogP contribution in [0.1, 0.15) is 21.5 Å². The fourth-order valence-electron chi connectivity index (χ4n) is 2.81. The highest BCUT2D eigenvalue weighted by molar-refractivity contribution is 9.10. The number of carbonyl (C=O) groups excluding carboxylic acids is 2. The van der Waals surface area contributed by atoms with Gasteiger partial charge in [-0.1, -0.05) is 11.6 Å². The number of amides is 2. The van der Waals surface area contributed by atoms with Crippen molar-refractivity contribution in [1.82, 2.24) is 0 Å². The van der Waals surface area contributed by atoms with Gasteiger partial charge in [-0.15, -0.1) is 0 Å². The second-order valence-corrected chi connectivity index (χ2v) is 8.10. The van der Waals surface area contributed by atoms with Crippen LogP contribution in [0.2, 0.25) is 5.02 Å². The van der Waals surface area contributed by atoms with Gasteiger partial charge in [0.25, 0.3) is 5.91 Å². The SMILES string of the molecule is Cc1cc(C(N)=O)ccc1NC(=O)COc1ccc(Br)c(Oc2cc(Cl)cc(C#N)c2)c1F. The molecule has 0 bridgehead atoms. The van der Waals surface area contributed by atoms with Crippen molar-refractivity contribution in [3.05, 3.63) is 80.5 Å². The van der Waals surface area contributed by atoms with Crippen molar-refractivity contribution >= 4 is 45.0 Å². The fraction of sp³-hybridized carbons (Fsp3) is 0.0870. The number of primary amides is 1. The largest absolute Gasteiger partial charge is 0.481 e. The van der Waals surface area contributed by atoms with Crippen molar-refractivity contribution in [1.29, 1.82) is 5.26 Å². The molecular formula is C23H16BrClFN3O4. The van der Waals surface area contributed by atoms with Crippen molar-refractivity contribution in [2.45, 2.75) is 6.92 Å². The van der Waals surface area contributed by atoms with Crippen LogP contribution in [-0.4, -0.2) is 18.4 Å². The molecule has 0 aliphatic carbocycles. The van der Waals surface area contributed by atoms with Gasteiger partial charge in [-0.25, -0.2) is 0 Å². The summed E-state index contributed by atoms with van der Waals surface area (Å²) in [7, 11) is 0. The number of nitrogens with zero attached hydrogens (tertiary/aromatic N) is 1. The Bertz CT molecular complexity index is 1290. The Labute approximate surface area is 202 Å². The molecule has 0 aliphatic heterocycles. The van der Waals surface area contributed by atoms with Crippen LogP contribution in [0.25, 0.3) is 0 Å². The Morgan fingerprint density at radius 2 is 1.97 bits per heavy atom. The van der Waals surface area contributed by atoms with E-state index < -0.39 is 24.2 Å². The first-order valence-electron chi connectivity index (χ1n) is 9.37. The van der Waals surface area contributed by atoms with Gasteiger partial charge in [0.05, 0.1) is 16.1 Å². The quantitative estimate of drug-likeness (QED) is 0.427. The average Bonchev–Trinajstić information content (AvgIpc) is 2.77. The van der Waals surface area contributed by atoms with Gasteiger partial charge in [-0.2, -0.15) is 9.65 Å². The van der Waals surface area contributed by atoms with Crippen molar-refractivity contribution < 1.29 is 23.5 Å². The van der Waals surface area contributed by atoms with Gasteiger partial charge >= 0.3 is 0 Å². The normalized spacial score (nSPS) is 10.3. The van der Waals surface area contributed by atoms with Gasteiger partial charge in [0.15, 0.2) is 18.1 Å². The van der Waals surface area contributed by atoms with Crippen molar-refractivity contribution in [2.75, 3.05) is 11.9 Å². The molecule has 0 saturated carbocycles. The summed E-state index contributed by atoms with van der Waals surface area (Å²) < 4.78 is 26.2. The summed E-state index contributed by atoms with van der Waals surface area (Å²) in [5.41, 5.74) is 6.89. The number of nitrogens with two attached hydrogens (primary N) is 1. The van der Waals surface area contributed by atoms with E-state index >= 15 is 4.39 Å². The number of nitriles is 1. The van der Waals surface area contributed by atoms with Crippen LogP contribution < -0.4 is 20.5 Å². The molecule has 168 valence electrons. The summed E-state index contributed by atoms with van der Waals surface area (Å²) in [6.07, 6.45) is 0. The Hall–Kier alpha value is -3.61. The Kier molecular flexibility index (Phi) is 7.53. The highest BCUT2D eigenvalue weighted by atomic mass is 79.9. The topological polar surface area (TPSA) is 114 Å². The molecule has 2 amide bonds. The van der Waals surface area contributed by atoms with Gasteiger partial charge in [0, 0.05) is 16.3 Å². The third kappa shape index (κ3) is 6.00. The van der Waals surface area contributed by atoms with Crippen molar-refractivity contribution in [3.8, 4) is 23.3 Å². The summed E-state index contributed by atoms with van der Waals surface area (Å²) in [6, 6.07) is 13.6. The van der Waals surface area contributed by atoms with E-state index in [2.05, 4.69) is 21.2 Å². The van der Waals surface area contributed by atoms with Gasteiger partial charge in [-0.05, 0) is 76.9 Å². The maximum Gasteiger partial charge on any atom is 0.262 e. The molecule has 3 N–H and O–H groups in total. The number of hydrogen-bond acceptors (Lipinski definition) is 5. The lowest BCUT2D eigenvalue weighted by molar-refractivity contribution is -0.118. The molecule has 0 radical (unpaired) electrons. The Balaban J connectivity index is 1.72. The van der Waals surface area contributed by atoms with Crippen LogP contribution >= 0.6 is 27.5 Å². The summed E-state index contributed by atoms with van der Waals surface area (Å²) in [5.74, 6) is -2.22.